The van der Waals surface area contributed by atoms with Gasteiger partial charge in [-0.05, 0) is 37.0 Å². The molecule has 36 heavy (non-hydrogen) atoms. The maximum absolute atomic E-state index is 13.2. The Bertz CT molecular complexity index is 1410. The number of para-hydroxylation sites is 1. The molecule has 2 aromatic carbocycles. The quantitative estimate of drug-likeness (QED) is 0.416. The highest BCUT2D eigenvalue weighted by molar-refractivity contribution is 5.87. The van der Waals surface area contributed by atoms with Crippen LogP contribution in [0.4, 0.5) is 11.5 Å². The van der Waals surface area contributed by atoms with Crippen LogP contribution in [0, 0.1) is 0 Å². The van der Waals surface area contributed by atoms with Gasteiger partial charge in [0.05, 0.1) is 18.5 Å². The molecule has 9 heteroatoms. The predicted molar refractivity (Wildman–Crippen MR) is 138 cm³/mol. The van der Waals surface area contributed by atoms with Gasteiger partial charge in [-0.15, -0.1) is 0 Å². The zero-order valence-corrected chi connectivity index (χ0v) is 20.3. The summed E-state index contributed by atoms with van der Waals surface area (Å²) < 4.78 is 3.03. The van der Waals surface area contributed by atoms with E-state index in [4.69, 9.17) is 0 Å². The number of benzene rings is 2. The average molecular weight is 487 g/mol. The number of carbonyl (C=O) groups excluding carboxylic acids is 1. The first-order valence-corrected chi connectivity index (χ1v) is 12.2. The molecular weight excluding hydrogens is 456 g/mol. The Morgan fingerprint density at radius 3 is 2.39 bits per heavy atom. The minimum atomic E-state index is -1.09. The van der Waals surface area contributed by atoms with Gasteiger partial charge >= 0.3 is 0 Å². The second kappa shape index (κ2) is 9.94. The molecule has 1 amide bonds. The van der Waals surface area contributed by atoms with E-state index in [1.807, 2.05) is 65.6 Å². The summed E-state index contributed by atoms with van der Waals surface area (Å²) in [6, 6.07) is 19.6. The van der Waals surface area contributed by atoms with Gasteiger partial charge in [-0.3, -0.25) is 14.2 Å². The van der Waals surface area contributed by atoms with Gasteiger partial charge in [0.25, 0.3) is 5.56 Å². The number of piperidine rings is 1. The molecule has 1 aliphatic rings. The monoisotopic (exact) mass is 486 g/mol. The van der Waals surface area contributed by atoms with E-state index in [1.54, 1.807) is 11.7 Å². The molecule has 186 valence electrons. The number of aryl methyl sites for hydroxylation is 2. The van der Waals surface area contributed by atoms with Crippen molar-refractivity contribution >= 4 is 28.4 Å². The third kappa shape index (κ3) is 5.01. The average Bonchev–Trinajstić information content (AvgIpc) is 3.21. The van der Waals surface area contributed by atoms with Crippen molar-refractivity contribution in [2.24, 2.45) is 7.05 Å². The van der Waals surface area contributed by atoms with E-state index in [9.17, 15) is 14.7 Å². The van der Waals surface area contributed by atoms with E-state index >= 15 is 0 Å². The molecule has 2 aromatic heterocycles. The van der Waals surface area contributed by atoms with Gasteiger partial charge in [0.15, 0.2) is 11.3 Å². The predicted octanol–water partition coefficient (Wildman–Crippen LogP) is 2.86. The van der Waals surface area contributed by atoms with E-state index in [1.165, 1.54) is 10.9 Å². The molecule has 1 fully saturated rings. The molecular formula is C27H30N6O3. The highest BCUT2D eigenvalue weighted by Crippen LogP contribution is 2.26. The Balaban J connectivity index is 1.24. The van der Waals surface area contributed by atoms with Crippen molar-refractivity contribution in [1.29, 1.82) is 0 Å². The number of nitrogens with one attached hydrogen (secondary N) is 1. The van der Waals surface area contributed by atoms with Crippen LogP contribution < -0.4 is 10.9 Å². The van der Waals surface area contributed by atoms with E-state index < -0.39 is 5.60 Å². The molecule has 0 saturated carbocycles. The number of likely N-dealkylation sites (tertiary alicyclic amines) is 1. The first-order valence-electron chi connectivity index (χ1n) is 12.2. The maximum atomic E-state index is 13.2. The molecule has 1 saturated heterocycles. The summed E-state index contributed by atoms with van der Waals surface area (Å²) in [6.07, 6.45) is 3.42. The Labute approximate surface area is 209 Å². The standard InChI is InChI=1S/C27H30N6O3/c1-31-25(29-21-10-6-3-7-11-21)23-24(30-31)26(35)33(19-28-23)18-27(36)14-16-32(17-15-27)22(34)13-12-20-8-4-2-5-9-20/h2-11,19,29,36H,12-18H2,1H3. The summed E-state index contributed by atoms with van der Waals surface area (Å²) in [6.45, 7) is 1.03. The van der Waals surface area contributed by atoms with Gasteiger partial charge in [0.2, 0.25) is 5.91 Å². The fraction of sp³-hybridized carbons (Fsp3) is 0.333. The zero-order valence-electron chi connectivity index (χ0n) is 20.3. The molecule has 0 spiro atoms. The number of nitrogens with zero attached hydrogens (tertiary/aromatic N) is 5. The number of rotatable bonds is 7. The molecule has 4 aromatic rings. The van der Waals surface area contributed by atoms with Crippen molar-refractivity contribution in [2.75, 3.05) is 18.4 Å². The first-order chi connectivity index (χ1) is 17.4. The lowest BCUT2D eigenvalue weighted by molar-refractivity contribution is -0.135. The lowest BCUT2D eigenvalue weighted by atomic mass is 9.91. The van der Waals surface area contributed by atoms with Crippen molar-refractivity contribution < 1.29 is 9.90 Å². The second-order valence-corrected chi connectivity index (χ2v) is 9.43. The number of anilines is 2. The smallest absolute Gasteiger partial charge is 0.281 e. The second-order valence-electron chi connectivity index (χ2n) is 9.43. The summed E-state index contributed by atoms with van der Waals surface area (Å²) in [7, 11) is 1.76. The van der Waals surface area contributed by atoms with Crippen molar-refractivity contribution in [2.45, 2.75) is 37.8 Å². The van der Waals surface area contributed by atoms with E-state index in [2.05, 4.69) is 15.4 Å². The van der Waals surface area contributed by atoms with Crippen LogP contribution in [0.2, 0.25) is 0 Å². The molecule has 0 unspecified atom stereocenters. The van der Waals surface area contributed by atoms with Crippen LogP contribution >= 0.6 is 0 Å². The summed E-state index contributed by atoms with van der Waals surface area (Å²) >= 11 is 0. The fourth-order valence-corrected chi connectivity index (χ4v) is 4.71. The third-order valence-corrected chi connectivity index (χ3v) is 6.83. The molecule has 0 radical (unpaired) electrons. The minimum absolute atomic E-state index is 0.0908. The Morgan fingerprint density at radius 2 is 1.69 bits per heavy atom. The van der Waals surface area contributed by atoms with Crippen molar-refractivity contribution in [3.8, 4) is 0 Å². The number of carbonyl (C=O) groups is 1. The van der Waals surface area contributed by atoms with Crippen LogP contribution in [0.15, 0.2) is 71.8 Å². The Hall–Kier alpha value is -3.98. The third-order valence-electron chi connectivity index (χ3n) is 6.83. The van der Waals surface area contributed by atoms with Crippen LogP contribution in [0.1, 0.15) is 24.8 Å². The largest absolute Gasteiger partial charge is 0.388 e. The van der Waals surface area contributed by atoms with Crippen molar-refractivity contribution in [3.63, 3.8) is 0 Å². The van der Waals surface area contributed by atoms with Crippen molar-refractivity contribution in [1.82, 2.24) is 24.2 Å². The zero-order chi connectivity index (χ0) is 25.1. The van der Waals surface area contributed by atoms with E-state index in [0.29, 0.717) is 50.1 Å². The topological polar surface area (TPSA) is 105 Å². The van der Waals surface area contributed by atoms with Gasteiger partial charge in [-0.2, -0.15) is 5.10 Å². The number of hydrogen-bond acceptors (Lipinski definition) is 6. The summed E-state index contributed by atoms with van der Waals surface area (Å²) in [5, 5.41) is 18.9. The van der Waals surface area contributed by atoms with Crippen LogP contribution in [0.3, 0.4) is 0 Å². The minimum Gasteiger partial charge on any atom is -0.388 e. The number of fused-ring (bicyclic) bond motifs is 1. The van der Waals surface area contributed by atoms with Gasteiger partial charge in [-0.1, -0.05) is 48.5 Å². The van der Waals surface area contributed by atoms with Crippen LogP contribution in [0.5, 0.6) is 0 Å². The molecule has 5 rings (SSSR count). The van der Waals surface area contributed by atoms with Crippen LogP contribution in [-0.2, 0) is 24.8 Å². The van der Waals surface area contributed by atoms with Gasteiger partial charge in [0, 0.05) is 32.2 Å². The van der Waals surface area contributed by atoms with Gasteiger partial charge in [0.1, 0.15) is 5.52 Å². The molecule has 0 atom stereocenters. The molecule has 9 nitrogen and oxygen atoms in total. The number of aliphatic hydroxyl groups is 1. The lowest BCUT2D eigenvalue weighted by Crippen LogP contribution is -2.49. The van der Waals surface area contributed by atoms with Crippen LogP contribution in [0.25, 0.3) is 11.0 Å². The highest BCUT2D eigenvalue weighted by Gasteiger charge is 2.34. The SMILES string of the molecule is Cn1nc2c(=O)n(CC3(O)CCN(C(=O)CCc4ccccc4)CC3)cnc2c1Nc1ccccc1. The Kier molecular flexibility index (Phi) is 6.56. The molecule has 0 bridgehead atoms. The normalized spacial score (nSPS) is 15.2. The number of aromatic nitrogens is 4. The van der Waals surface area contributed by atoms with Gasteiger partial charge in [-0.25, -0.2) is 9.67 Å². The highest BCUT2D eigenvalue weighted by atomic mass is 16.3. The van der Waals surface area contributed by atoms with Gasteiger partial charge < -0.3 is 15.3 Å². The summed E-state index contributed by atoms with van der Waals surface area (Å²) in [5.41, 5.74) is 1.34. The fourth-order valence-electron chi connectivity index (χ4n) is 4.71. The van der Waals surface area contributed by atoms with Crippen LogP contribution in [-0.4, -0.2) is 53.9 Å². The first kappa shape index (κ1) is 23.7. The molecule has 2 N–H and O–H groups in total. The lowest BCUT2D eigenvalue weighted by Gasteiger charge is -2.38. The molecule has 1 aliphatic heterocycles. The molecule has 3 heterocycles. The maximum Gasteiger partial charge on any atom is 0.281 e. The number of amides is 1. The summed E-state index contributed by atoms with van der Waals surface area (Å²) in [4.78, 5) is 32.2. The van der Waals surface area contributed by atoms with E-state index in [0.717, 1.165) is 11.3 Å². The number of hydrogen-bond donors (Lipinski definition) is 2. The Morgan fingerprint density at radius 1 is 1.03 bits per heavy atom. The summed E-state index contributed by atoms with van der Waals surface area (Å²) in [5.74, 6) is 0.717. The van der Waals surface area contributed by atoms with E-state index in [-0.39, 0.29) is 23.5 Å². The molecule has 0 aliphatic carbocycles. The van der Waals surface area contributed by atoms with Crippen molar-refractivity contribution in [3.05, 3.63) is 82.9 Å².